The summed E-state index contributed by atoms with van der Waals surface area (Å²) in [6.07, 6.45) is 2.41. The van der Waals surface area contributed by atoms with Crippen LogP contribution < -0.4 is 5.32 Å². The summed E-state index contributed by atoms with van der Waals surface area (Å²) in [5.74, 6) is 2.89. The average Bonchev–Trinajstić information content (AvgIpc) is 2.67. The van der Waals surface area contributed by atoms with E-state index in [1.54, 1.807) is 0 Å². The second kappa shape index (κ2) is 8.39. The van der Waals surface area contributed by atoms with Crippen molar-refractivity contribution in [2.24, 2.45) is 5.92 Å². The smallest absolute Gasteiger partial charge is 0.118 e. The Bertz CT molecular complexity index is 358. The number of hydrogen-bond donors (Lipinski definition) is 1. The van der Waals surface area contributed by atoms with Gasteiger partial charge in [-0.15, -0.1) is 0 Å². The molecule has 0 fully saturated rings. The maximum Gasteiger partial charge on any atom is 0.118 e. The standard InChI is InChI=1S/C16H30N2O/c1-6-8-17-11-15-10-16(19-14(15)4)12-18(5)9-7-13(2)3/h10,13,17H,6-9,11-12H2,1-5H3. The third-order valence-electron chi connectivity index (χ3n) is 3.33. The lowest BCUT2D eigenvalue weighted by Crippen LogP contribution is -2.20. The van der Waals surface area contributed by atoms with E-state index in [4.69, 9.17) is 4.42 Å². The number of rotatable bonds is 9. The third-order valence-corrected chi connectivity index (χ3v) is 3.33. The third kappa shape index (κ3) is 6.26. The molecule has 1 aromatic rings. The fourth-order valence-corrected chi connectivity index (χ4v) is 2.06. The molecule has 1 rings (SSSR count). The molecule has 3 heteroatoms. The molecule has 0 unspecified atom stereocenters. The number of furan rings is 1. The van der Waals surface area contributed by atoms with Gasteiger partial charge in [-0.05, 0) is 51.9 Å². The van der Waals surface area contributed by atoms with Crippen molar-refractivity contribution in [1.82, 2.24) is 10.2 Å². The Balaban J connectivity index is 2.43. The Morgan fingerprint density at radius 2 is 2.11 bits per heavy atom. The van der Waals surface area contributed by atoms with E-state index < -0.39 is 0 Å². The van der Waals surface area contributed by atoms with Crippen LogP contribution in [0, 0.1) is 12.8 Å². The van der Waals surface area contributed by atoms with Gasteiger partial charge in [0.2, 0.25) is 0 Å². The number of hydrogen-bond acceptors (Lipinski definition) is 3. The topological polar surface area (TPSA) is 28.4 Å². The van der Waals surface area contributed by atoms with Gasteiger partial charge in [-0.25, -0.2) is 0 Å². The van der Waals surface area contributed by atoms with Gasteiger partial charge < -0.3 is 9.73 Å². The maximum atomic E-state index is 5.84. The van der Waals surface area contributed by atoms with Crippen LogP contribution in [0.3, 0.4) is 0 Å². The molecule has 0 aliphatic rings. The molecule has 0 radical (unpaired) electrons. The van der Waals surface area contributed by atoms with Crippen molar-refractivity contribution in [2.75, 3.05) is 20.1 Å². The Hall–Kier alpha value is -0.800. The van der Waals surface area contributed by atoms with Gasteiger partial charge in [0.05, 0.1) is 6.54 Å². The quantitative estimate of drug-likeness (QED) is 0.693. The minimum Gasteiger partial charge on any atom is -0.465 e. The van der Waals surface area contributed by atoms with Gasteiger partial charge in [0.1, 0.15) is 11.5 Å². The van der Waals surface area contributed by atoms with Gasteiger partial charge >= 0.3 is 0 Å². The molecule has 0 aromatic carbocycles. The van der Waals surface area contributed by atoms with E-state index in [-0.39, 0.29) is 0 Å². The van der Waals surface area contributed by atoms with Crippen molar-refractivity contribution in [3.8, 4) is 0 Å². The fourth-order valence-electron chi connectivity index (χ4n) is 2.06. The molecule has 3 nitrogen and oxygen atoms in total. The molecule has 0 aliphatic carbocycles. The zero-order valence-corrected chi connectivity index (χ0v) is 13.3. The van der Waals surface area contributed by atoms with Crippen molar-refractivity contribution in [1.29, 1.82) is 0 Å². The highest BCUT2D eigenvalue weighted by Crippen LogP contribution is 2.16. The normalized spacial score (nSPS) is 11.7. The van der Waals surface area contributed by atoms with Crippen molar-refractivity contribution < 1.29 is 4.42 Å². The Morgan fingerprint density at radius 3 is 2.74 bits per heavy atom. The molecular formula is C16H30N2O. The van der Waals surface area contributed by atoms with Gasteiger partial charge in [0, 0.05) is 12.1 Å². The van der Waals surface area contributed by atoms with Crippen molar-refractivity contribution in [2.45, 2.75) is 53.6 Å². The molecule has 0 saturated carbocycles. The molecule has 0 bridgehead atoms. The molecule has 19 heavy (non-hydrogen) atoms. The molecular weight excluding hydrogens is 236 g/mol. The van der Waals surface area contributed by atoms with Crippen LogP contribution in [0.1, 0.15) is 50.7 Å². The van der Waals surface area contributed by atoms with E-state index in [1.807, 2.05) is 0 Å². The fraction of sp³-hybridized carbons (Fsp3) is 0.750. The van der Waals surface area contributed by atoms with Gasteiger partial charge in [0.25, 0.3) is 0 Å². The summed E-state index contributed by atoms with van der Waals surface area (Å²) in [6.45, 7) is 12.8. The van der Waals surface area contributed by atoms with Crippen LogP contribution in [0.25, 0.3) is 0 Å². The number of aryl methyl sites for hydroxylation is 1. The largest absolute Gasteiger partial charge is 0.465 e. The Morgan fingerprint density at radius 1 is 1.37 bits per heavy atom. The molecule has 1 N–H and O–H groups in total. The molecule has 110 valence electrons. The summed E-state index contributed by atoms with van der Waals surface area (Å²) in [4.78, 5) is 2.33. The Kier molecular flexibility index (Phi) is 7.17. The SMILES string of the molecule is CCCNCc1cc(CN(C)CCC(C)C)oc1C. The first-order valence-electron chi connectivity index (χ1n) is 7.50. The van der Waals surface area contributed by atoms with E-state index >= 15 is 0 Å². The van der Waals surface area contributed by atoms with Gasteiger partial charge in [-0.2, -0.15) is 0 Å². The first-order chi connectivity index (χ1) is 9.02. The summed E-state index contributed by atoms with van der Waals surface area (Å²) >= 11 is 0. The van der Waals surface area contributed by atoms with Crippen LogP contribution in [0.15, 0.2) is 10.5 Å². The van der Waals surface area contributed by atoms with Gasteiger partial charge in [-0.3, -0.25) is 4.90 Å². The minimum absolute atomic E-state index is 0.759. The van der Waals surface area contributed by atoms with Gasteiger partial charge in [0.15, 0.2) is 0 Å². The Labute approximate surface area is 118 Å². The number of nitrogens with one attached hydrogen (secondary N) is 1. The minimum atomic E-state index is 0.759. The summed E-state index contributed by atoms with van der Waals surface area (Å²) in [7, 11) is 2.16. The monoisotopic (exact) mass is 266 g/mol. The average molecular weight is 266 g/mol. The predicted octanol–water partition coefficient (Wildman–Crippen LogP) is 3.57. The molecule has 0 amide bonds. The zero-order chi connectivity index (χ0) is 14.3. The van der Waals surface area contributed by atoms with Crippen LogP contribution in [0.2, 0.25) is 0 Å². The first kappa shape index (κ1) is 16.3. The highest BCUT2D eigenvalue weighted by atomic mass is 16.3. The second-order valence-corrected chi connectivity index (χ2v) is 5.89. The second-order valence-electron chi connectivity index (χ2n) is 5.89. The summed E-state index contributed by atoms with van der Waals surface area (Å²) in [5, 5.41) is 3.43. The maximum absolute atomic E-state index is 5.84. The summed E-state index contributed by atoms with van der Waals surface area (Å²) < 4.78 is 5.84. The van der Waals surface area contributed by atoms with Crippen LogP contribution in [-0.2, 0) is 13.1 Å². The van der Waals surface area contributed by atoms with Crippen LogP contribution >= 0.6 is 0 Å². The highest BCUT2D eigenvalue weighted by Gasteiger charge is 2.09. The lowest BCUT2D eigenvalue weighted by atomic mass is 10.1. The van der Waals surface area contributed by atoms with E-state index in [0.717, 1.165) is 43.6 Å². The highest BCUT2D eigenvalue weighted by molar-refractivity contribution is 5.20. The molecule has 0 spiro atoms. The molecule has 0 saturated heterocycles. The van der Waals surface area contributed by atoms with Gasteiger partial charge in [-0.1, -0.05) is 20.8 Å². The zero-order valence-electron chi connectivity index (χ0n) is 13.3. The van der Waals surface area contributed by atoms with Crippen molar-refractivity contribution >= 4 is 0 Å². The molecule has 0 atom stereocenters. The number of nitrogens with zero attached hydrogens (tertiary/aromatic N) is 1. The van der Waals surface area contributed by atoms with E-state index in [0.29, 0.717) is 0 Å². The predicted molar refractivity (Wildman–Crippen MR) is 81.2 cm³/mol. The lowest BCUT2D eigenvalue weighted by molar-refractivity contribution is 0.276. The van der Waals surface area contributed by atoms with Crippen LogP contribution in [0.4, 0.5) is 0 Å². The van der Waals surface area contributed by atoms with E-state index in [1.165, 1.54) is 18.4 Å². The van der Waals surface area contributed by atoms with Crippen molar-refractivity contribution in [3.05, 3.63) is 23.2 Å². The summed E-state index contributed by atoms with van der Waals surface area (Å²) in [5.41, 5.74) is 1.29. The molecule has 0 aliphatic heterocycles. The van der Waals surface area contributed by atoms with Crippen molar-refractivity contribution in [3.63, 3.8) is 0 Å². The first-order valence-corrected chi connectivity index (χ1v) is 7.50. The van der Waals surface area contributed by atoms with E-state index in [9.17, 15) is 0 Å². The lowest BCUT2D eigenvalue weighted by Gasteiger charge is -2.16. The van der Waals surface area contributed by atoms with E-state index in [2.05, 4.69) is 51.0 Å². The molecule has 1 aromatic heterocycles. The molecule has 1 heterocycles. The van der Waals surface area contributed by atoms with Crippen LogP contribution in [0.5, 0.6) is 0 Å². The summed E-state index contributed by atoms with van der Waals surface area (Å²) in [6, 6.07) is 2.20. The van der Waals surface area contributed by atoms with Crippen LogP contribution in [-0.4, -0.2) is 25.0 Å².